The van der Waals surface area contributed by atoms with Crippen molar-refractivity contribution < 1.29 is 14.6 Å². The van der Waals surface area contributed by atoms with E-state index in [4.69, 9.17) is 9.84 Å². The number of aromatic nitrogens is 2. The summed E-state index contributed by atoms with van der Waals surface area (Å²) in [6.07, 6.45) is 1.42. The SMILES string of the molecule is Cc1cc(Oc2cccnc2C(=O)O)c2ccccc2n1. The van der Waals surface area contributed by atoms with Crippen molar-refractivity contribution in [2.45, 2.75) is 6.92 Å². The zero-order valence-corrected chi connectivity index (χ0v) is 11.3. The lowest BCUT2D eigenvalue weighted by molar-refractivity contribution is 0.0687. The lowest BCUT2D eigenvalue weighted by Gasteiger charge is -2.11. The van der Waals surface area contributed by atoms with Gasteiger partial charge >= 0.3 is 5.97 Å². The normalized spacial score (nSPS) is 10.5. The Balaban J connectivity index is 2.13. The van der Waals surface area contributed by atoms with Crippen molar-refractivity contribution in [3.63, 3.8) is 0 Å². The number of pyridine rings is 2. The van der Waals surface area contributed by atoms with E-state index in [0.29, 0.717) is 5.75 Å². The molecule has 0 radical (unpaired) electrons. The van der Waals surface area contributed by atoms with Gasteiger partial charge in [0.1, 0.15) is 5.75 Å². The molecule has 3 aromatic rings. The number of nitrogens with zero attached hydrogens (tertiary/aromatic N) is 2. The standard InChI is InChI=1S/C16H12N2O3/c1-10-9-14(11-5-2-3-6-12(11)18-10)21-13-7-4-8-17-15(13)16(19)20/h2-9H,1H3,(H,19,20). The van der Waals surface area contributed by atoms with Crippen molar-refractivity contribution >= 4 is 16.9 Å². The summed E-state index contributed by atoms with van der Waals surface area (Å²) in [4.78, 5) is 19.4. The first-order valence-electron chi connectivity index (χ1n) is 6.38. The van der Waals surface area contributed by atoms with Crippen molar-refractivity contribution in [3.05, 3.63) is 60.0 Å². The highest BCUT2D eigenvalue weighted by Gasteiger charge is 2.14. The van der Waals surface area contributed by atoms with Crippen LogP contribution in [0.1, 0.15) is 16.2 Å². The number of ether oxygens (including phenoxy) is 1. The van der Waals surface area contributed by atoms with Crippen LogP contribution in [0.2, 0.25) is 0 Å². The number of benzene rings is 1. The Morgan fingerprint density at radius 2 is 1.95 bits per heavy atom. The predicted molar refractivity (Wildman–Crippen MR) is 77.8 cm³/mol. The summed E-state index contributed by atoms with van der Waals surface area (Å²) in [5, 5.41) is 9.98. The lowest BCUT2D eigenvalue weighted by atomic mass is 10.2. The minimum Gasteiger partial charge on any atom is -0.476 e. The van der Waals surface area contributed by atoms with Gasteiger partial charge in [-0.15, -0.1) is 0 Å². The minimum absolute atomic E-state index is 0.115. The Bertz CT molecular complexity index is 831. The fourth-order valence-electron chi connectivity index (χ4n) is 2.11. The molecule has 0 aliphatic rings. The second kappa shape index (κ2) is 5.20. The summed E-state index contributed by atoms with van der Waals surface area (Å²) in [5.74, 6) is -0.352. The number of hydrogen-bond acceptors (Lipinski definition) is 4. The van der Waals surface area contributed by atoms with Crippen LogP contribution < -0.4 is 4.74 Å². The van der Waals surface area contributed by atoms with Gasteiger partial charge < -0.3 is 9.84 Å². The molecule has 0 amide bonds. The van der Waals surface area contributed by atoms with E-state index in [2.05, 4.69) is 9.97 Å². The highest BCUT2D eigenvalue weighted by Crippen LogP contribution is 2.30. The van der Waals surface area contributed by atoms with Crippen molar-refractivity contribution in [1.82, 2.24) is 9.97 Å². The molecule has 1 aromatic carbocycles. The third-order valence-electron chi connectivity index (χ3n) is 3.00. The van der Waals surface area contributed by atoms with Gasteiger partial charge in [0.25, 0.3) is 0 Å². The van der Waals surface area contributed by atoms with Gasteiger partial charge in [-0.1, -0.05) is 12.1 Å². The van der Waals surface area contributed by atoms with E-state index in [0.717, 1.165) is 16.6 Å². The van der Waals surface area contributed by atoms with Gasteiger partial charge in [-0.05, 0) is 31.2 Å². The molecule has 2 heterocycles. The Labute approximate surface area is 120 Å². The van der Waals surface area contributed by atoms with Crippen LogP contribution in [0.3, 0.4) is 0 Å². The number of fused-ring (bicyclic) bond motifs is 1. The second-order valence-corrected chi connectivity index (χ2v) is 4.54. The molecule has 2 aromatic heterocycles. The molecule has 0 saturated carbocycles. The Hall–Kier alpha value is -2.95. The van der Waals surface area contributed by atoms with Crippen LogP contribution in [-0.4, -0.2) is 21.0 Å². The number of aromatic carboxylic acids is 1. The molecular weight excluding hydrogens is 268 g/mol. The van der Waals surface area contributed by atoms with Crippen LogP contribution in [-0.2, 0) is 0 Å². The zero-order chi connectivity index (χ0) is 14.8. The summed E-state index contributed by atoms with van der Waals surface area (Å²) in [6.45, 7) is 1.86. The topological polar surface area (TPSA) is 72.3 Å². The fourth-order valence-corrected chi connectivity index (χ4v) is 2.11. The molecule has 0 fully saturated rings. The lowest BCUT2D eigenvalue weighted by Crippen LogP contribution is -2.03. The van der Waals surface area contributed by atoms with Crippen LogP contribution in [0.4, 0.5) is 0 Å². The first-order valence-corrected chi connectivity index (χ1v) is 6.38. The predicted octanol–water partition coefficient (Wildman–Crippen LogP) is 3.43. The average Bonchev–Trinajstić information content (AvgIpc) is 2.47. The third kappa shape index (κ3) is 2.53. The van der Waals surface area contributed by atoms with E-state index in [1.807, 2.05) is 31.2 Å². The van der Waals surface area contributed by atoms with E-state index in [9.17, 15) is 4.79 Å². The molecule has 0 spiro atoms. The average molecular weight is 280 g/mol. The summed E-state index contributed by atoms with van der Waals surface area (Å²) in [6, 6.07) is 12.5. The maximum absolute atomic E-state index is 11.2. The summed E-state index contributed by atoms with van der Waals surface area (Å²) in [5.41, 5.74) is 1.48. The Morgan fingerprint density at radius 3 is 2.76 bits per heavy atom. The number of para-hydroxylation sites is 1. The first-order chi connectivity index (χ1) is 10.1. The van der Waals surface area contributed by atoms with Gasteiger partial charge in [-0.2, -0.15) is 0 Å². The van der Waals surface area contributed by atoms with Crippen molar-refractivity contribution in [1.29, 1.82) is 0 Å². The molecule has 0 aliphatic carbocycles. The molecule has 0 aliphatic heterocycles. The summed E-state index contributed by atoms with van der Waals surface area (Å²) >= 11 is 0. The van der Waals surface area contributed by atoms with Gasteiger partial charge in [-0.25, -0.2) is 9.78 Å². The van der Waals surface area contributed by atoms with E-state index in [1.165, 1.54) is 6.20 Å². The van der Waals surface area contributed by atoms with Crippen molar-refractivity contribution in [2.75, 3.05) is 0 Å². The molecule has 0 unspecified atom stereocenters. The van der Waals surface area contributed by atoms with E-state index >= 15 is 0 Å². The molecule has 0 saturated heterocycles. The highest BCUT2D eigenvalue weighted by molar-refractivity contribution is 5.89. The minimum atomic E-state index is -1.12. The van der Waals surface area contributed by atoms with Gasteiger partial charge in [0.05, 0.1) is 5.52 Å². The summed E-state index contributed by atoms with van der Waals surface area (Å²) in [7, 11) is 0. The van der Waals surface area contributed by atoms with Crippen LogP contribution in [0.15, 0.2) is 48.7 Å². The molecule has 0 atom stereocenters. The molecule has 3 rings (SSSR count). The van der Waals surface area contributed by atoms with Crippen LogP contribution >= 0.6 is 0 Å². The molecule has 5 nitrogen and oxygen atoms in total. The van der Waals surface area contributed by atoms with Crippen molar-refractivity contribution in [3.8, 4) is 11.5 Å². The van der Waals surface area contributed by atoms with Gasteiger partial charge in [0.2, 0.25) is 0 Å². The molecule has 1 N–H and O–H groups in total. The summed E-state index contributed by atoms with van der Waals surface area (Å²) < 4.78 is 5.78. The highest BCUT2D eigenvalue weighted by atomic mass is 16.5. The molecule has 5 heteroatoms. The van der Waals surface area contributed by atoms with Gasteiger partial charge in [-0.3, -0.25) is 4.98 Å². The number of carboxylic acids is 1. The maximum atomic E-state index is 11.2. The number of hydrogen-bond donors (Lipinski definition) is 1. The Kier molecular flexibility index (Phi) is 3.23. The van der Waals surface area contributed by atoms with E-state index in [-0.39, 0.29) is 11.4 Å². The van der Waals surface area contributed by atoms with Crippen LogP contribution in [0.5, 0.6) is 11.5 Å². The fraction of sp³-hybridized carbons (Fsp3) is 0.0625. The third-order valence-corrected chi connectivity index (χ3v) is 3.00. The van der Waals surface area contributed by atoms with Crippen molar-refractivity contribution in [2.24, 2.45) is 0 Å². The maximum Gasteiger partial charge on any atom is 0.358 e. The molecular formula is C16H12N2O3. The van der Waals surface area contributed by atoms with E-state index in [1.54, 1.807) is 18.2 Å². The number of aryl methyl sites for hydroxylation is 1. The molecule has 21 heavy (non-hydrogen) atoms. The number of carbonyl (C=O) groups is 1. The molecule has 104 valence electrons. The number of rotatable bonds is 3. The second-order valence-electron chi connectivity index (χ2n) is 4.54. The largest absolute Gasteiger partial charge is 0.476 e. The van der Waals surface area contributed by atoms with Crippen LogP contribution in [0.25, 0.3) is 10.9 Å². The Morgan fingerprint density at radius 1 is 1.14 bits per heavy atom. The zero-order valence-electron chi connectivity index (χ0n) is 11.3. The smallest absolute Gasteiger partial charge is 0.358 e. The monoisotopic (exact) mass is 280 g/mol. The number of carboxylic acid groups (broad SMARTS) is 1. The van der Waals surface area contributed by atoms with Gasteiger partial charge in [0, 0.05) is 23.3 Å². The first kappa shape index (κ1) is 13.1. The van der Waals surface area contributed by atoms with Gasteiger partial charge in [0.15, 0.2) is 11.4 Å². The van der Waals surface area contributed by atoms with Crippen LogP contribution in [0, 0.1) is 6.92 Å². The molecule has 0 bridgehead atoms. The van der Waals surface area contributed by atoms with E-state index < -0.39 is 5.97 Å². The quantitative estimate of drug-likeness (QED) is 0.795.